The first-order valence-electron chi connectivity index (χ1n) is 6.94. The number of aromatic nitrogens is 2. The number of rotatable bonds is 2. The Hall–Kier alpha value is -1.17. The molecule has 2 amide bonds. The van der Waals surface area contributed by atoms with Gasteiger partial charge in [-0.15, -0.1) is 0 Å². The van der Waals surface area contributed by atoms with Gasteiger partial charge in [0.25, 0.3) is 0 Å². The molecule has 0 bridgehead atoms. The average molecular weight is 280 g/mol. The van der Waals surface area contributed by atoms with Crippen LogP contribution < -0.4 is 5.32 Å². The van der Waals surface area contributed by atoms with Gasteiger partial charge in [-0.3, -0.25) is 0 Å². The molecule has 3 rings (SSSR count). The number of hydrogen-bond donors (Lipinski definition) is 1. The highest BCUT2D eigenvalue weighted by Crippen LogP contribution is 2.20. The lowest BCUT2D eigenvalue weighted by molar-refractivity contribution is 0.188. The van der Waals surface area contributed by atoms with Gasteiger partial charge in [0, 0.05) is 37.0 Å². The first kappa shape index (κ1) is 12.8. The predicted molar refractivity (Wildman–Crippen MR) is 76.3 cm³/mol. The van der Waals surface area contributed by atoms with Gasteiger partial charge in [0.1, 0.15) is 0 Å². The molecule has 0 aromatic carbocycles. The molecule has 0 aliphatic carbocycles. The Morgan fingerprint density at radius 1 is 1.63 bits per heavy atom. The van der Waals surface area contributed by atoms with Gasteiger partial charge in [0.2, 0.25) is 0 Å². The summed E-state index contributed by atoms with van der Waals surface area (Å²) in [5.41, 5.74) is 2.35. The summed E-state index contributed by atoms with van der Waals surface area (Å²) in [5, 5.41) is 3.13. The van der Waals surface area contributed by atoms with Crippen LogP contribution in [0, 0.1) is 0 Å². The van der Waals surface area contributed by atoms with Crippen LogP contribution in [0.15, 0.2) is 6.33 Å². The molecule has 1 fully saturated rings. The SMILES string of the molecule is CCn1cnc2c1CCN(C(=O)NC1CCSC1)C2. The van der Waals surface area contributed by atoms with Gasteiger partial charge < -0.3 is 14.8 Å². The monoisotopic (exact) mass is 280 g/mol. The van der Waals surface area contributed by atoms with E-state index in [0.29, 0.717) is 12.6 Å². The number of urea groups is 1. The minimum absolute atomic E-state index is 0.0733. The molecule has 1 N–H and O–H groups in total. The second-order valence-electron chi connectivity index (χ2n) is 5.11. The van der Waals surface area contributed by atoms with Crippen LogP contribution in [0.4, 0.5) is 4.79 Å². The largest absolute Gasteiger partial charge is 0.334 e. The minimum atomic E-state index is 0.0733. The molecule has 104 valence electrons. The molecule has 5 nitrogen and oxygen atoms in total. The maximum atomic E-state index is 12.2. The number of carbonyl (C=O) groups is 1. The molecule has 2 aliphatic rings. The van der Waals surface area contributed by atoms with E-state index in [-0.39, 0.29) is 6.03 Å². The number of aryl methyl sites for hydroxylation is 1. The Balaban J connectivity index is 1.63. The van der Waals surface area contributed by atoms with Crippen molar-refractivity contribution >= 4 is 17.8 Å². The summed E-state index contributed by atoms with van der Waals surface area (Å²) in [6.07, 6.45) is 3.90. The highest BCUT2D eigenvalue weighted by atomic mass is 32.2. The van der Waals surface area contributed by atoms with Gasteiger partial charge in [0.05, 0.1) is 18.6 Å². The predicted octanol–water partition coefficient (Wildman–Crippen LogP) is 1.48. The van der Waals surface area contributed by atoms with E-state index in [1.54, 1.807) is 0 Å². The van der Waals surface area contributed by atoms with Gasteiger partial charge in [-0.2, -0.15) is 11.8 Å². The molecule has 19 heavy (non-hydrogen) atoms. The number of thioether (sulfide) groups is 1. The highest BCUT2D eigenvalue weighted by molar-refractivity contribution is 7.99. The van der Waals surface area contributed by atoms with Crippen LogP contribution in [0.1, 0.15) is 24.7 Å². The van der Waals surface area contributed by atoms with Crippen LogP contribution in [0.5, 0.6) is 0 Å². The van der Waals surface area contributed by atoms with Crippen LogP contribution in [0.3, 0.4) is 0 Å². The van der Waals surface area contributed by atoms with Crippen LogP contribution in [-0.2, 0) is 19.5 Å². The van der Waals surface area contributed by atoms with Crippen molar-refractivity contribution in [3.05, 3.63) is 17.7 Å². The van der Waals surface area contributed by atoms with Gasteiger partial charge in [-0.1, -0.05) is 0 Å². The summed E-state index contributed by atoms with van der Waals surface area (Å²) >= 11 is 1.92. The molecular formula is C13H20N4OS. The van der Waals surface area contributed by atoms with Gasteiger partial charge in [-0.25, -0.2) is 9.78 Å². The van der Waals surface area contributed by atoms with Gasteiger partial charge in [0.15, 0.2) is 0 Å². The number of nitrogens with zero attached hydrogens (tertiary/aromatic N) is 3. The molecule has 1 unspecified atom stereocenters. The number of nitrogens with one attached hydrogen (secondary N) is 1. The maximum absolute atomic E-state index is 12.2. The van der Waals surface area contributed by atoms with Crippen LogP contribution in [-0.4, -0.2) is 44.6 Å². The molecule has 0 spiro atoms. The zero-order valence-electron chi connectivity index (χ0n) is 11.3. The van der Waals surface area contributed by atoms with E-state index in [4.69, 9.17) is 0 Å². The third kappa shape index (κ3) is 2.59. The van der Waals surface area contributed by atoms with Crippen molar-refractivity contribution in [1.29, 1.82) is 0 Å². The number of imidazole rings is 1. The molecule has 0 radical (unpaired) electrons. The van der Waals surface area contributed by atoms with E-state index in [0.717, 1.165) is 43.1 Å². The van der Waals surface area contributed by atoms with E-state index < -0.39 is 0 Å². The Labute approximate surface area is 117 Å². The first-order valence-corrected chi connectivity index (χ1v) is 8.09. The van der Waals surface area contributed by atoms with Gasteiger partial charge >= 0.3 is 6.03 Å². The third-order valence-electron chi connectivity index (χ3n) is 3.88. The second-order valence-corrected chi connectivity index (χ2v) is 6.26. The van der Waals surface area contributed by atoms with Crippen LogP contribution >= 0.6 is 11.8 Å². The summed E-state index contributed by atoms with van der Waals surface area (Å²) in [6, 6.07) is 0.427. The molecule has 1 atom stereocenters. The highest BCUT2D eigenvalue weighted by Gasteiger charge is 2.26. The Kier molecular flexibility index (Phi) is 3.68. The Morgan fingerprint density at radius 3 is 3.26 bits per heavy atom. The lowest BCUT2D eigenvalue weighted by Gasteiger charge is -2.28. The first-order chi connectivity index (χ1) is 9.28. The zero-order valence-corrected chi connectivity index (χ0v) is 12.1. The topological polar surface area (TPSA) is 50.2 Å². The quantitative estimate of drug-likeness (QED) is 0.892. The molecular weight excluding hydrogens is 260 g/mol. The summed E-state index contributed by atoms with van der Waals surface area (Å²) in [7, 11) is 0. The number of hydrogen-bond acceptors (Lipinski definition) is 3. The van der Waals surface area contributed by atoms with Crippen molar-refractivity contribution in [2.75, 3.05) is 18.1 Å². The second kappa shape index (κ2) is 5.45. The maximum Gasteiger partial charge on any atom is 0.318 e. The average Bonchev–Trinajstić information content (AvgIpc) is 3.06. The summed E-state index contributed by atoms with van der Waals surface area (Å²) in [4.78, 5) is 18.5. The van der Waals surface area contributed by atoms with E-state index in [1.807, 2.05) is 23.0 Å². The zero-order chi connectivity index (χ0) is 13.2. The minimum Gasteiger partial charge on any atom is -0.334 e. The lowest BCUT2D eigenvalue weighted by atomic mass is 10.1. The fourth-order valence-electron chi connectivity index (χ4n) is 2.73. The summed E-state index contributed by atoms with van der Waals surface area (Å²) in [5.74, 6) is 2.21. The molecule has 3 heterocycles. The van der Waals surface area contributed by atoms with E-state index >= 15 is 0 Å². The summed E-state index contributed by atoms with van der Waals surface area (Å²) in [6.45, 7) is 4.52. The smallest absolute Gasteiger partial charge is 0.318 e. The third-order valence-corrected chi connectivity index (χ3v) is 5.04. The van der Waals surface area contributed by atoms with E-state index in [2.05, 4.69) is 21.8 Å². The Bertz CT molecular complexity index is 467. The van der Waals surface area contributed by atoms with Crippen molar-refractivity contribution in [2.24, 2.45) is 0 Å². The summed E-state index contributed by atoms with van der Waals surface area (Å²) < 4.78 is 2.18. The van der Waals surface area contributed by atoms with Gasteiger partial charge in [-0.05, 0) is 19.1 Å². The van der Waals surface area contributed by atoms with Crippen LogP contribution in [0.2, 0.25) is 0 Å². The molecule has 1 aromatic heterocycles. The van der Waals surface area contributed by atoms with Crippen molar-refractivity contribution < 1.29 is 4.79 Å². The molecule has 6 heteroatoms. The molecule has 0 saturated carbocycles. The molecule has 1 aromatic rings. The van der Waals surface area contributed by atoms with Crippen molar-refractivity contribution in [2.45, 2.75) is 38.9 Å². The molecule has 1 saturated heterocycles. The lowest BCUT2D eigenvalue weighted by Crippen LogP contribution is -2.46. The molecule has 2 aliphatic heterocycles. The number of fused-ring (bicyclic) bond motifs is 1. The number of carbonyl (C=O) groups excluding carboxylic acids is 1. The van der Waals surface area contributed by atoms with E-state index in [9.17, 15) is 4.79 Å². The van der Waals surface area contributed by atoms with E-state index in [1.165, 1.54) is 5.69 Å². The van der Waals surface area contributed by atoms with Crippen molar-refractivity contribution in [3.63, 3.8) is 0 Å². The normalized spacial score (nSPS) is 22.4. The standard InChI is InChI=1S/C13H20N4OS/c1-2-16-9-14-11-7-17(5-3-12(11)16)13(18)15-10-4-6-19-8-10/h9-10H,2-8H2,1H3,(H,15,18). The Morgan fingerprint density at radius 2 is 2.53 bits per heavy atom. The van der Waals surface area contributed by atoms with Crippen LogP contribution in [0.25, 0.3) is 0 Å². The number of amides is 2. The van der Waals surface area contributed by atoms with Crippen molar-refractivity contribution in [3.8, 4) is 0 Å². The van der Waals surface area contributed by atoms with Crippen molar-refractivity contribution in [1.82, 2.24) is 19.8 Å². The fraction of sp³-hybridized carbons (Fsp3) is 0.692. The fourth-order valence-corrected chi connectivity index (χ4v) is 3.88.